The van der Waals surface area contributed by atoms with E-state index in [9.17, 15) is 19.5 Å². The maximum absolute atomic E-state index is 12.5. The molecule has 0 unspecified atom stereocenters. The molecule has 0 spiro atoms. The molecule has 2 aromatic carbocycles. The van der Waals surface area contributed by atoms with Gasteiger partial charge in [-0.3, -0.25) is 19.8 Å². The first kappa shape index (κ1) is 17.8. The molecule has 0 saturated carbocycles. The topological polar surface area (TPSA) is 98.7 Å². The van der Waals surface area contributed by atoms with E-state index in [0.717, 1.165) is 5.56 Å². The van der Waals surface area contributed by atoms with E-state index in [1.807, 2.05) is 0 Å². The lowest BCUT2D eigenvalue weighted by Crippen LogP contribution is -2.44. The van der Waals surface area contributed by atoms with Crippen LogP contribution in [0.5, 0.6) is 5.75 Å². The number of rotatable bonds is 4. The Morgan fingerprint density at radius 1 is 1.12 bits per heavy atom. The molecule has 1 fully saturated rings. The Hall–Kier alpha value is -3.00. The van der Waals surface area contributed by atoms with Crippen molar-refractivity contribution >= 4 is 35.2 Å². The Morgan fingerprint density at radius 3 is 2.38 bits per heavy atom. The number of amides is 3. The van der Waals surface area contributed by atoms with Gasteiger partial charge in [0.15, 0.2) is 0 Å². The fraction of sp³-hybridized carbons (Fsp3) is 0.167. The molecule has 1 heterocycles. The van der Waals surface area contributed by atoms with Crippen LogP contribution in [-0.4, -0.2) is 33.6 Å². The SMILES string of the molecule is CC(=O)Nc1ccc(C(=O)NN2C(=O)CS[C@@H]2c2ccc(O)cc2)cc1. The normalized spacial score (nSPS) is 16.4. The molecule has 2 aromatic rings. The molecule has 0 aliphatic carbocycles. The second-order valence-electron chi connectivity index (χ2n) is 5.72. The van der Waals surface area contributed by atoms with E-state index in [1.54, 1.807) is 48.5 Å². The molecule has 8 heteroatoms. The molecule has 3 amide bonds. The highest BCUT2D eigenvalue weighted by molar-refractivity contribution is 8.00. The van der Waals surface area contributed by atoms with Crippen LogP contribution in [0.1, 0.15) is 28.2 Å². The molecule has 134 valence electrons. The highest BCUT2D eigenvalue weighted by Crippen LogP contribution is 2.37. The van der Waals surface area contributed by atoms with Crippen LogP contribution in [0, 0.1) is 0 Å². The minimum atomic E-state index is -0.418. The van der Waals surface area contributed by atoms with Gasteiger partial charge in [-0.1, -0.05) is 12.1 Å². The third-order valence-corrected chi connectivity index (χ3v) is 4.95. The maximum atomic E-state index is 12.5. The third kappa shape index (κ3) is 3.97. The van der Waals surface area contributed by atoms with Crippen molar-refractivity contribution in [3.05, 3.63) is 59.7 Å². The van der Waals surface area contributed by atoms with Gasteiger partial charge in [0.2, 0.25) is 5.91 Å². The molecule has 0 bridgehead atoms. The number of hydrazine groups is 1. The van der Waals surface area contributed by atoms with Gasteiger partial charge in [0, 0.05) is 18.2 Å². The Kier molecular flexibility index (Phi) is 5.13. The zero-order valence-corrected chi connectivity index (χ0v) is 14.7. The van der Waals surface area contributed by atoms with E-state index in [4.69, 9.17) is 0 Å². The fourth-order valence-electron chi connectivity index (χ4n) is 2.51. The molecule has 1 saturated heterocycles. The van der Waals surface area contributed by atoms with Crippen LogP contribution in [0.4, 0.5) is 5.69 Å². The number of carbonyl (C=O) groups excluding carboxylic acids is 3. The molecule has 3 N–H and O–H groups in total. The average Bonchev–Trinajstić information content (AvgIpc) is 2.96. The summed E-state index contributed by atoms with van der Waals surface area (Å²) < 4.78 is 0. The van der Waals surface area contributed by atoms with Crippen molar-refractivity contribution in [1.82, 2.24) is 10.4 Å². The summed E-state index contributed by atoms with van der Waals surface area (Å²) in [5.74, 6) is -0.417. The summed E-state index contributed by atoms with van der Waals surface area (Å²) in [4.78, 5) is 35.7. The van der Waals surface area contributed by atoms with Crippen molar-refractivity contribution in [2.75, 3.05) is 11.1 Å². The van der Waals surface area contributed by atoms with Gasteiger partial charge in [0.25, 0.3) is 11.8 Å². The number of phenols is 1. The van der Waals surface area contributed by atoms with Gasteiger partial charge in [-0.25, -0.2) is 5.01 Å². The van der Waals surface area contributed by atoms with Crippen molar-refractivity contribution in [3.8, 4) is 5.75 Å². The van der Waals surface area contributed by atoms with Gasteiger partial charge in [-0.15, -0.1) is 11.8 Å². The number of carbonyl (C=O) groups is 3. The van der Waals surface area contributed by atoms with E-state index in [0.29, 0.717) is 11.3 Å². The van der Waals surface area contributed by atoms with E-state index in [-0.39, 0.29) is 28.7 Å². The number of anilines is 1. The van der Waals surface area contributed by atoms with E-state index in [2.05, 4.69) is 10.7 Å². The predicted octanol–water partition coefficient (Wildman–Crippen LogP) is 2.27. The van der Waals surface area contributed by atoms with Gasteiger partial charge in [-0.05, 0) is 42.0 Å². The largest absolute Gasteiger partial charge is 0.508 e. The first-order chi connectivity index (χ1) is 12.4. The Balaban J connectivity index is 1.73. The lowest BCUT2D eigenvalue weighted by molar-refractivity contribution is -0.130. The third-order valence-electron chi connectivity index (χ3n) is 3.74. The second-order valence-corrected chi connectivity index (χ2v) is 6.79. The van der Waals surface area contributed by atoms with Crippen LogP contribution in [0.15, 0.2) is 48.5 Å². The molecule has 0 aromatic heterocycles. The quantitative estimate of drug-likeness (QED) is 0.766. The average molecular weight is 371 g/mol. The van der Waals surface area contributed by atoms with Crippen LogP contribution in [0.3, 0.4) is 0 Å². The van der Waals surface area contributed by atoms with Gasteiger partial charge >= 0.3 is 0 Å². The van der Waals surface area contributed by atoms with Crippen molar-refractivity contribution in [2.24, 2.45) is 0 Å². The standard InChI is InChI=1S/C18H17N3O4S/c1-11(22)19-14-6-2-12(3-7-14)17(25)20-21-16(24)10-26-18(21)13-4-8-15(23)9-5-13/h2-9,18,23H,10H2,1H3,(H,19,22)(H,20,25)/t18-/m1/s1. The monoisotopic (exact) mass is 371 g/mol. The fourth-order valence-corrected chi connectivity index (χ4v) is 3.62. The Morgan fingerprint density at radius 2 is 1.77 bits per heavy atom. The minimum absolute atomic E-state index is 0.137. The van der Waals surface area contributed by atoms with Crippen molar-refractivity contribution in [1.29, 1.82) is 0 Å². The summed E-state index contributed by atoms with van der Waals surface area (Å²) in [7, 11) is 0. The molecule has 1 atom stereocenters. The summed E-state index contributed by atoms with van der Waals surface area (Å²) in [6.45, 7) is 1.40. The molecule has 1 aliphatic heterocycles. The number of phenolic OH excluding ortho intramolecular Hbond substituents is 1. The molecule has 3 rings (SSSR count). The van der Waals surface area contributed by atoms with Gasteiger partial charge < -0.3 is 10.4 Å². The first-order valence-electron chi connectivity index (χ1n) is 7.85. The highest BCUT2D eigenvalue weighted by Gasteiger charge is 2.34. The summed E-state index contributed by atoms with van der Waals surface area (Å²) in [6.07, 6.45) is 0. The van der Waals surface area contributed by atoms with Gasteiger partial charge in [0.05, 0.1) is 5.75 Å². The lowest BCUT2D eigenvalue weighted by atomic mass is 10.2. The van der Waals surface area contributed by atoms with Crippen LogP contribution in [0.25, 0.3) is 0 Å². The minimum Gasteiger partial charge on any atom is -0.508 e. The lowest BCUT2D eigenvalue weighted by Gasteiger charge is -2.24. The molecule has 7 nitrogen and oxygen atoms in total. The van der Waals surface area contributed by atoms with E-state index < -0.39 is 5.91 Å². The molecule has 0 radical (unpaired) electrons. The van der Waals surface area contributed by atoms with Crippen LogP contribution >= 0.6 is 11.8 Å². The van der Waals surface area contributed by atoms with Gasteiger partial charge in [0.1, 0.15) is 11.1 Å². The number of thioether (sulfide) groups is 1. The first-order valence-corrected chi connectivity index (χ1v) is 8.90. The van der Waals surface area contributed by atoms with Crippen LogP contribution < -0.4 is 10.7 Å². The molecular weight excluding hydrogens is 354 g/mol. The summed E-state index contributed by atoms with van der Waals surface area (Å²) in [5.41, 5.74) is 4.40. The highest BCUT2D eigenvalue weighted by atomic mass is 32.2. The summed E-state index contributed by atoms with van der Waals surface area (Å²) in [5, 5.41) is 13.0. The van der Waals surface area contributed by atoms with Gasteiger partial charge in [-0.2, -0.15) is 0 Å². The molecular formula is C18H17N3O4S. The zero-order valence-electron chi connectivity index (χ0n) is 13.9. The molecule has 26 heavy (non-hydrogen) atoms. The maximum Gasteiger partial charge on any atom is 0.269 e. The van der Waals surface area contributed by atoms with Crippen molar-refractivity contribution in [3.63, 3.8) is 0 Å². The van der Waals surface area contributed by atoms with Crippen molar-refractivity contribution < 1.29 is 19.5 Å². The number of nitrogens with one attached hydrogen (secondary N) is 2. The Labute approximate surface area is 154 Å². The zero-order chi connectivity index (χ0) is 18.7. The number of hydrogen-bond acceptors (Lipinski definition) is 5. The summed E-state index contributed by atoms with van der Waals surface area (Å²) in [6, 6.07) is 12.9. The van der Waals surface area contributed by atoms with E-state index >= 15 is 0 Å². The van der Waals surface area contributed by atoms with E-state index in [1.165, 1.54) is 23.7 Å². The number of hydrogen-bond donors (Lipinski definition) is 3. The van der Waals surface area contributed by atoms with Crippen molar-refractivity contribution in [2.45, 2.75) is 12.3 Å². The van der Waals surface area contributed by atoms with Crippen LogP contribution in [0.2, 0.25) is 0 Å². The summed E-state index contributed by atoms with van der Waals surface area (Å²) >= 11 is 1.40. The number of nitrogens with zero attached hydrogens (tertiary/aromatic N) is 1. The Bertz CT molecular complexity index is 837. The predicted molar refractivity (Wildman–Crippen MR) is 98.4 cm³/mol. The smallest absolute Gasteiger partial charge is 0.269 e. The second kappa shape index (κ2) is 7.49. The van der Waals surface area contributed by atoms with Crippen LogP contribution in [-0.2, 0) is 9.59 Å². The molecule has 1 aliphatic rings. The number of aromatic hydroxyl groups is 1. The number of benzene rings is 2.